The first kappa shape index (κ1) is 27.1. The minimum atomic E-state index is -0.615. The van der Waals surface area contributed by atoms with E-state index in [0.717, 1.165) is 19.4 Å². The molecule has 1 rings (SSSR count). The second kappa shape index (κ2) is 12.8. The Morgan fingerprint density at radius 3 is 2.10 bits per heavy atom. The zero-order valence-electron chi connectivity index (χ0n) is 20.7. The molecule has 0 aliphatic heterocycles. The third-order valence-electron chi connectivity index (χ3n) is 7.29. The van der Waals surface area contributed by atoms with E-state index in [1.54, 1.807) is 0 Å². The molecule has 0 amide bonds. The molecule has 0 saturated carbocycles. The Bertz CT molecular complexity index is 487. The minimum absolute atomic E-state index is 0.178. The van der Waals surface area contributed by atoms with Crippen molar-refractivity contribution in [3.63, 3.8) is 0 Å². The lowest BCUT2D eigenvalue weighted by Crippen LogP contribution is -2.27. The number of aliphatic hydroxyl groups excluding tert-OH is 1. The van der Waals surface area contributed by atoms with Crippen LogP contribution in [0.1, 0.15) is 100 Å². The highest BCUT2D eigenvalue weighted by Gasteiger charge is 2.30. The summed E-state index contributed by atoms with van der Waals surface area (Å²) in [6.45, 7) is 19.5. The molecule has 0 radical (unpaired) electrons. The van der Waals surface area contributed by atoms with Gasteiger partial charge in [-0.1, -0.05) is 80.7 Å². The predicted octanol–water partition coefficient (Wildman–Crippen LogP) is 5.30. The molecule has 0 bridgehead atoms. The van der Waals surface area contributed by atoms with Crippen molar-refractivity contribution in [1.29, 1.82) is 0 Å². The highest BCUT2D eigenvalue weighted by atomic mass is 28.2. The molecule has 0 aromatic rings. The predicted molar refractivity (Wildman–Crippen MR) is 132 cm³/mol. The highest BCUT2D eigenvalue weighted by Crippen LogP contribution is 2.35. The number of aliphatic hydroxyl groups is 1. The summed E-state index contributed by atoms with van der Waals surface area (Å²) in [5, 5.41) is 10.8. The molecule has 29 heavy (non-hydrogen) atoms. The van der Waals surface area contributed by atoms with Crippen LogP contribution in [0.25, 0.3) is 0 Å². The molecule has 0 saturated heterocycles. The molecule has 1 aliphatic rings. The largest absolute Gasteiger partial charge is 0.423 e. The van der Waals surface area contributed by atoms with Crippen molar-refractivity contribution >= 4 is 19.5 Å². The number of rotatable bonds is 15. The van der Waals surface area contributed by atoms with Crippen molar-refractivity contribution in [3.8, 4) is 0 Å². The normalized spacial score (nSPS) is 21.6. The van der Waals surface area contributed by atoms with Crippen LogP contribution in [0.5, 0.6) is 0 Å². The van der Waals surface area contributed by atoms with Gasteiger partial charge in [0.15, 0.2) is 19.5 Å². The van der Waals surface area contributed by atoms with Crippen LogP contribution in [0.15, 0.2) is 11.6 Å². The molecule has 0 aromatic carbocycles. The first-order chi connectivity index (χ1) is 13.5. The lowest BCUT2D eigenvalue weighted by Gasteiger charge is -2.30. The number of hydrogen-bond acceptors (Lipinski definition) is 3. The summed E-state index contributed by atoms with van der Waals surface area (Å²) in [6.07, 6.45) is 10.0. The maximum atomic E-state index is 10.1. The first-order valence-electron chi connectivity index (χ1n) is 12.0. The molecule has 172 valence electrons. The van der Waals surface area contributed by atoms with E-state index in [1.165, 1.54) is 37.7 Å². The zero-order chi connectivity index (χ0) is 22.1. The Labute approximate surface area is 186 Å². The molecule has 5 heteroatoms. The van der Waals surface area contributed by atoms with E-state index < -0.39 is 19.5 Å². The fourth-order valence-corrected chi connectivity index (χ4v) is 5.78. The molecular weight excluding hydrogens is 392 g/mol. The van der Waals surface area contributed by atoms with Crippen LogP contribution in [-0.4, -0.2) is 43.4 Å². The minimum Gasteiger partial charge on any atom is -0.423 e. The van der Waals surface area contributed by atoms with Crippen LogP contribution in [0.3, 0.4) is 0 Å². The van der Waals surface area contributed by atoms with Crippen LogP contribution in [-0.2, 0) is 8.85 Å². The molecular formula is C24H50O3Si2. The smallest absolute Gasteiger partial charge is 0.168 e. The van der Waals surface area contributed by atoms with Crippen LogP contribution in [0, 0.1) is 11.8 Å². The molecule has 0 fully saturated rings. The summed E-state index contributed by atoms with van der Waals surface area (Å²) < 4.78 is 12.4. The van der Waals surface area contributed by atoms with Crippen molar-refractivity contribution < 1.29 is 14.0 Å². The van der Waals surface area contributed by atoms with E-state index in [9.17, 15) is 5.11 Å². The average Bonchev–Trinajstić information content (AvgIpc) is 2.98. The summed E-state index contributed by atoms with van der Waals surface area (Å²) in [5.41, 5.74) is 1.36. The van der Waals surface area contributed by atoms with E-state index in [4.69, 9.17) is 8.85 Å². The molecule has 0 unspecified atom stereocenters. The van der Waals surface area contributed by atoms with Crippen LogP contribution >= 0.6 is 0 Å². The van der Waals surface area contributed by atoms with Crippen molar-refractivity contribution in [1.82, 2.24) is 0 Å². The molecule has 1 N–H and O–H groups in total. The van der Waals surface area contributed by atoms with Gasteiger partial charge in [-0.25, -0.2) is 0 Å². The van der Waals surface area contributed by atoms with Gasteiger partial charge < -0.3 is 14.0 Å². The maximum absolute atomic E-state index is 10.1. The van der Waals surface area contributed by atoms with Gasteiger partial charge in [-0.05, 0) is 46.7 Å². The van der Waals surface area contributed by atoms with Gasteiger partial charge in [0.05, 0.1) is 12.2 Å². The molecule has 0 spiro atoms. The van der Waals surface area contributed by atoms with Crippen molar-refractivity contribution in [2.45, 2.75) is 123 Å². The average molecular weight is 443 g/mol. The second-order valence-electron chi connectivity index (χ2n) is 11.2. The topological polar surface area (TPSA) is 38.7 Å². The van der Waals surface area contributed by atoms with Gasteiger partial charge in [-0.15, -0.1) is 0 Å². The summed E-state index contributed by atoms with van der Waals surface area (Å²) >= 11 is 0. The van der Waals surface area contributed by atoms with Gasteiger partial charge in [0.2, 0.25) is 0 Å². The van der Waals surface area contributed by atoms with Gasteiger partial charge >= 0.3 is 0 Å². The maximum Gasteiger partial charge on any atom is 0.168 e. The summed E-state index contributed by atoms with van der Waals surface area (Å²) in [5.74, 6) is 1.36. The quantitative estimate of drug-likeness (QED) is 0.212. The first-order valence-corrected chi connectivity index (χ1v) is 14.6. The van der Waals surface area contributed by atoms with Gasteiger partial charge in [0.25, 0.3) is 0 Å². The lowest BCUT2D eigenvalue weighted by atomic mass is 9.99. The van der Waals surface area contributed by atoms with Gasteiger partial charge in [-0.3, -0.25) is 0 Å². The molecule has 0 aromatic heterocycles. The summed E-state index contributed by atoms with van der Waals surface area (Å²) in [6, 6.07) is 0. The van der Waals surface area contributed by atoms with Gasteiger partial charge in [0.1, 0.15) is 0 Å². The van der Waals surface area contributed by atoms with Crippen LogP contribution in [0.2, 0.25) is 10.1 Å². The van der Waals surface area contributed by atoms with E-state index in [-0.39, 0.29) is 12.2 Å². The molecule has 0 heterocycles. The molecule has 1 aliphatic carbocycles. The Morgan fingerprint density at radius 1 is 0.931 bits per heavy atom. The second-order valence-corrected chi connectivity index (χ2v) is 16.2. The Morgan fingerprint density at radius 2 is 1.48 bits per heavy atom. The fraction of sp³-hybridized carbons (Fsp3) is 0.917. The van der Waals surface area contributed by atoms with Crippen LogP contribution in [0.4, 0.5) is 0 Å². The number of hydrogen-bond donors (Lipinski definition) is 1. The summed E-state index contributed by atoms with van der Waals surface area (Å²) in [7, 11) is -1.05. The van der Waals surface area contributed by atoms with E-state index in [0.29, 0.717) is 21.9 Å². The Balaban J connectivity index is 2.16. The van der Waals surface area contributed by atoms with Crippen molar-refractivity contribution in [3.05, 3.63) is 11.6 Å². The monoisotopic (exact) mass is 442 g/mol. The third-order valence-corrected chi connectivity index (χ3v) is 11.5. The third kappa shape index (κ3) is 10.3. The van der Waals surface area contributed by atoms with Gasteiger partial charge in [0, 0.05) is 13.0 Å². The number of unbranched alkanes of at least 4 members (excludes halogenated alkanes) is 4. The summed E-state index contributed by atoms with van der Waals surface area (Å²) in [4.78, 5) is 0. The SMILES string of the molecule is CC(C)C(C)(C)[SiH2]OCCCCCCCC1=C[C@H](O)C[C@@H]1O[SiH2]C(C)(C)C(C)C. The Hall–Kier alpha value is 0.0538. The van der Waals surface area contributed by atoms with Gasteiger partial charge in [-0.2, -0.15) is 0 Å². The molecule has 3 nitrogen and oxygen atoms in total. The standard InChI is InChI=1S/C24H50O3Si2/c1-18(2)23(5,6)28-26-15-13-11-9-10-12-14-20-16-21(25)17-22(20)27-29-24(7,8)19(3)4/h16,18-19,21-22,25H,9-15,17,28-29H2,1-8H3/t21-,22-/m0/s1. The zero-order valence-corrected chi connectivity index (χ0v) is 23.5. The molecule has 2 atom stereocenters. The van der Waals surface area contributed by atoms with Crippen molar-refractivity contribution in [2.75, 3.05) is 6.61 Å². The van der Waals surface area contributed by atoms with E-state index in [1.807, 2.05) is 0 Å². The van der Waals surface area contributed by atoms with Crippen molar-refractivity contribution in [2.24, 2.45) is 11.8 Å². The van der Waals surface area contributed by atoms with E-state index in [2.05, 4.69) is 61.5 Å². The highest BCUT2D eigenvalue weighted by molar-refractivity contribution is 6.32. The van der Waals surface area contributed by atoms with Crippen LogP contribution < -0.4 is 0 Å². The lowest BCUT2D eigenvalue weighted by molar-refractivity contribution is 0.158. The Kier molecular flexibility index (Phi) is 12.0. The van der Waals surface area contributed by atoms with E-state index >= 15 is 0 Å². The fourth-order valence-electron chi connectivity index (χ4n) is 3.26.